The molecule has 0 aromatic rings. The average Bonchev–Trinajstić information content (AvgIpc) is 2.27. The van der Waals surface area contributed by atoms with Gasteiger partial charge in [0, 0.05) is 19.1 Å². The molecule has 1 saturated carbocycles. The largest absolute Gasteiger partial charge is 0.469 e. The molecule has 2 aliphatic rings. The van der Waals surface area contributed by atoms with Crippen LogP contribution in [0.25, 0.3) is 0 Å². The van der Waals surface area contributed by atoms with E-state index in [1.54, 1.807) is 0 Å². The summed E-state index contributed by atoms with van der Waals surface area (Å²) in [6.45, 7) is 3.08. The quantitative estimate of drug-likeness (QED) is 0.745. The van der Waals surface area contributed by atoms with Crippen molar-refractivity contribution in [3.8, 4) is 0 Å². The first-order chi connectivity index (χ1) is 8.16. The van der Waals surface area contributed by atoms with E-state index in [0.717, 1.165) is 32.4 Å². The van der Waals surface area contributed by atoms with Gasteiger partial charge in [0.25, 0.3) is 0 Å². The van der Waals surface area contributed by atoms with Crippen LogP contribution in [0, 0.1) is 5.41 Å². The second kappa shape index (κ2) is 5.36. The molecule has 1 unspecified atom stereocenters. The number of hydrogen-bond acceptors (Lipinski definition) is 4. The van der Waals surface area contributed by atoms with Gasteiger partial charge in [-0.1, -0.05) is 6.42 Å². The van der Waals surface area contributed by atoms with Crippen LogP contribution >= 0.6 is 0 Å². The Kier molecular flexibility index (Phi) is 4.05. The Labute approximate surface area is 104 Å². The fourth-order valence-corrected chi connectivity index (χ4v) is 2.95. The second-order valence-corrected chi connectivity index (χ2v) is 5.61. The highest BCUT2D eigenvalue weighted by molar-refractivity contribution is 5.78. The first-order valence-corrected chi connectivity index (χ1v) is 6.67. The zero-order valence-electron chi connectivity index (χ0n) is 11.0. The van der Waals surface area contributed by atoms with Crippen molar-refractivity contribution in [3.63, 3.8) is 0 Å². The van der Waals surface area contributed by atoms with E-state index in [1.807, 2.05) is 0 Å². The number of carbonyl (C=O) groups excluding carboxylic acids is 1. The number of carbonyl (C=O) groups is 1. The van der Waals surface area contributed by atoms with Gasteiger partial charge in [-0.25, -0.2) is 0 Å². The SMILES string of the molecule is COC(=O)C1(CNC2CCCN(C)C2)CCC1. The van der Waals surface area contributed by atoms with Crippen LogP contribution in [0.3, 0.4) is 0 Å². The predicted octanol–water partition coefficient (Wildman–Crippen LogP) is 1.01. The summed E-state index contributed by atoms with van der Waals surface area (Å²) in [5, 5.41) is 3.57. The van der Waals surface area contributed by atoms with E-state index in [9.17, 15) is 4.79 Å². The Hall–Kier alpha value is -0.610. The molecule has 2 rings (SSSR count). The highest BCUT2D eigenvalue weighted by Gasteiger charge is 2.45. The minimum absolute atomic E-state index is 0.0274. The zero-order valence-corrected chi connectivity index (χ0v) is 11.0. The molecule has 98 valence electrons. The van der Waals surface area contributed by atoms with Crippen molar-refractivity contribution in [2.24, 2.45) is 5.41 Å². The van der Waals surface area contributed by atoms with Gasteiger partial charge in [0.1, 0.15) is 0 Å². The van der Waals surface area contributed by atoms with Gasteiger partial charge in [0.05, 0.1) is 12.5 Å². The molecule has 1 heterocycles. The fraction of sp³-hybridized carbons (Fsp3) is 0.923. The second-order valence-electron chi connectivity index (χ2n) is 5.61. The number of methoxy groups -OCH3 is 1. The van der Waals surface area contributed by atoms with E-state index in [0.29, 0.717) is 6.04 Å². The summed E-state index contributed by atoms with van der Waals surface area (Å²) >= 11 is 0. The molecular weight excluding hydrogens is 216 g/mol. The smallest absolute Gasteiger partial charge is 0.313 e. The van der Waals surface area contributed by atoms with E-state index in [1.165, 1.54) is 26.5 Å². The van der Waals surface area contributed by atoms with Gasteiger partial charge in [-0.05, 0) is 39.3 Å². The van der Waals surface area contributed by atoms with E-state index < -0.39 is 0 Å². The fourth-order valence-electron chi connectivity index (χ4n) is 2.95. The molecule has 4 heteroatoms. The molecule has 1 N–H and O–H groups in total. The molecule has 0 aromatic carbocycles. The van der Waals surface area contributed by atoms with Crippen LogP contribution in [0.4, 0.5) is 0 Å². The number of nitrogens with one attached hydrogen (secondary N) is 1. The van der Waals surface area contributed by atoms with Crippen molar-refractivity contribution in [2.75, 3.05) is 33.8 Å². The minimum atomic E-state index is -0.217. The molecule has 0 bridgehead atoms. The van der Waals surface area contributed by atoms with E-state index >= 15 is 0 Å². The third-order valence-electron chi connectivity index (χ3n) is 4.28. The summed E-state index contributed by atoms with van der Waals surface area (Å²) in [6, 6.07) is 0.538. The molecule has 4 nitrogen and oxygen atoms in total. The Morgan fingerprint density at radius 2 is 2.24 bits per heavy atom. The lowest BCUT2D eigenvalue weighted by molar-refractivity contribution is -0.158. The lowest BCUT2D eigenvalue weighted by Gasteiger charge is -2.41. The van der Waals surface area contributed by atoms with Gasteiger partial charge in [0.2, 0.25) is 0 Å². The van der Waals surface area contributed by atoms with Gasteiger partial charge >= 0.3 is 5.97 Å². The van der Waals surface area contributed by atoms with E-state index in [2.05, 4.69) is 17.3 Å². The first-order valence-electron chi connectivity index (χ1n) is 6.67. The molecule has 17 heavy (non-hydrogen) atoms. The monoisotopic (exact) mass is 240 g/mol. The Morgan fingerprint density at radius 1 is 1.47 bits per heavy atom. The Morgan fingerprint density at radius 3 is 2.76 bits per heavy atom. The highest BCUT2D eigenvalue weighted by Crippen LogP contribution is 2.41. The van der Waals surface area contributed by atoms with Gasteiger partial charge in [-0.3, -0.25) is 4.79 Å². The summed E-state index contributed by atoms with van der Waals surface area (Å²) < 4.78 is 4.93. The van der Waals surface area contributed by atoms with Gasteiger partial charge < -0.3 is 15.0 Å². The summed E-state index contributed by atoms with van der Waals surface area (Å²) in [4.78, 5) is 14.1. The Balaban J connectivity index is 1.81. The molecule has 1 saturated heterocycles. The first kappa shape index (κ1) is 12.8. The summed E-state index contributed by atoms with van der Waals surface area (Å²) in [7, 11) is 3.66. The van der Waals surface area contributed by atoms with E-state index in [4.69, 9.17) is 4.74 Å². The molecule has 0 spiro atoms. The normalized spacial score (nSPS) is 28.5. The van der Waals surface area contributed by atoms with Crippen molar-refractivity contribution in [2.45, 2.75) is 38.1 Å². The maximum absolute atomic E-state index is 11.8. The number of likely N-dealkylation sites (N-methyl/N-ethyl adjacent to an activating group) is 1. The van der Waals surface area contributed by atoms with Gasteiger partial charge in [-0.15, -0.1) is 0 Å². The molecule has 0 aromatic heterocycles. The van der Waals surface area contributed by atoms with Crippen molar-refractivity contribution in [3.05, 3.63) is 0 Å². The molecule has 1 aliphatic heterocycles. The minimum Gasteiger partial charge on any atom is -0.469 e. The summed E-state index contributed by atoms with van der Waals surface area (Å²) in [6.07, 6.45) is 5.59. The number of esters is 1. The number of rotatable bonds is 4. The molecule has 0 amide bonds. The number of hydrogen-bond donors (Lipinski definition) is 1. The van der Waals surface area contributed by atoms with Crippen molar-refractivity contribution in [1.82, 2.24) is 10.2 Å². The zero-order chi connectivity index (χ0) is 12.3. The van der Waals surface area contributed by atoms with Crippen molar-refractivity contribution >= 4 is 5.97 Å². The topological polar surface area (TPSA) is 41.6 Å². The molecule has 1 aliphatic carbocycles. The van der Waals surface area contributed by atoms with Gasteiger partial charge in [0.15, 0.2) is 0 Å². The van der Waals surface area contributed by atoms with Crippen LogP contribution in [0.15, 0.2) is 0 Å². The third-order valence-corrected chi connectivity index (χ3v) is 4.28. The summed E-state index contributed by atoms with van der Waals surface area (Å²) in [5.41, 5.74) is -0.217. The van der Waals surface area contributed by atoms with Crippen LogP contribution < -0.4 is 5.32 Å². The predicted molar refractivity (Wildman–Crippen MR) is 66.8 cm³/mol. The van der Waals surface area contributed by atoms with Crippen LogP contribution in [-0.2, 0) is 9.53 Å². The van der Waals surface area contributed by atoms with Crippen LogP contribution in [0.1, 0.15) is 32.1 Å². The molecule has 0 radical (unpaired) electrons. The third kappa shape index (κ3) is 2.80. The standard InChI is InChI=1S/C13H24N2O2/c1-15-8-3-5-11(9-15)14-10-13(6-4-7-13)12(16)17-2/h11,14H,3-10H2,1-2H3. The van der Waals surface area contributed by atoms with Crippen molar-refractivity contribution in [1.29, 1.82) is 0 Å². The van der Waals surface area contributed by atoms with Crippen LogP contribution in [-0.4, -0.2) is 50.7 Å². The number of likely N-dealkylation sites (tertiary alicyclic amines) is 1. The highest BCUT2D eigenvalue weighted by atomic mass is 16.5. The van der Waals surface area contributed by atoms with E-state index in [-0.39, 0.29) is 11.4 Å². The maximum Gasteiger partial charge on any atom is 0.313 e. The number of piperidine rings is 1. The Bertz CT molecular complexity index is 277. The maximum atomic E-state index is 11.8. The lowest BCUT2D eigenvalue weighted by Crippen LogP contribution is -2.52. The number of ether oxygens (including phenoxy) is 1. The number of nitrogens with zero attached hydrogens (tertiary/aromatic N) is 1. The lowest BCUT2D eigenvalue weighted by atomic mass is 9.68. The van der Waals surface area contributed by atoms with Gasteiger partial charge in [-0.2, -0.15) is 0 Å². The average molecular weight is 240 g/mol. The van der Waals surface area contributed by atoms with Crippen molar-refractivity contribution < 1.29 is 9.53 Å². The summed E-state index contributed by atoms with van der Waals surface area (Å²) in [5.74, 6) is -0.0274. The van der Waals surface area contributed by atoms with Crippen LogP contribution in [0.2, 0.25) is 0 Å². The van der Waals surface area contributed by atoms with Crippen LogP contribution in [0.5, 0.6) is 0 Å². The molecule has 1 atom stereocenters. The molecule has 2 fully saturated rings. The molecular formula is C13H24N2O2.